The van der Waals surface area contributed by atoms with E-state index in [-0.39, 0.29) is 43.6 Å². The molecule has 1 radical (unpaired) electrons. The normalized spacial score (nSPS) is 20.7. The lowest BCUT2D eigenvalue weighted by atomic mass is 9.96. The van der Waals surface area contributed by atoms with Crippen LogP contribution in [0.5, 0.6) is 0 Å². The van der Waals surface area contributed by atoms with Gasteiger partial charge in [-0.1, -0.05) is 82.7 Å². The number of Topliss-reactive ketones (excluding diaryl/α,β-unsaturated/α-hetero) is 1. The number of primary amides is 1. The number of unbranched alkanes of at least 4 members (excludes halogenated alkanes) is 6. The summed E-state index contributed by atoms with van der Waals surface area (Å²) in [7, 11) is 0. The van der Waals surface area contributed by atoms with Gasteiger partial charge in [0.1, 0.15) is 72.6 Å². The van der Waals surface area contributed by atoms with Crippen molar-refractivity contribution in [2.45, 2.75) is 209 Å². The number of aliphatic hydroxyl groups is 1. The van der Waals surface area contributed by atoms with E-state index >= 15 is 0 Å². The number of cyclic esters (lactones) is 1. The number of amides is 14. The Kier molecular flexibility index (Phi) is 43.6. The summed E-state index contributed by atoms with van der Waals surface area (Å²) in [6.45, 7) is 1.13. The largest absolute Gasteiger partial charge is 0.481 e. The number of carboxylic acids is 4. The fourth-order valence-electron chi connectivity index (χ4n) is 11.7. The Morgan fingerprint density at radius 3 is 1.67 bits per heavy atom. The van der Waals surface area contributed by atoms with E-state index in [9.17, 15) is 121 Å². The zero-order chi connectivity index (χ0) is 89.2. The van der Waals surface area contributed by atoms with Crippen molar-refractivity contribution in [1.29, 1.82) is 0 Å². The number of H-pyrrole nitrogens is 1. The molecule has 119 heavy (non-hydrogen) atoms. The van der Waals surface area contributed by atoms with Crippen LogP contribution in [0, 0.1) is 5.92 Å². The van der Waals surface area contributed by atoms with E-state index in [0.29, 0.717) is 29.3 Å². The number of aliphatic carboxylic acids is 4. The zero-order valence-electron chi connectivity index (χ0n) is 65.8. The molecular weight excluding hydrogens is 1570 g/mol. The van der Waals surface area contributed by atoms with E-state index in [0.717, 1.165) is 52.9 Å². The first-order chi connectivity index (χ1) is 56.3. The molecule has 1 saturated heterocycles. The van der Waals surface area contributed by atoms with Gasteiger partial charge in [-0.3, -0.25) is 95.9 Å². The smallest absolute Gasteiger partial charge is 0.329 e. The van der Waals surface area contributed by atoms with Crippen molar-refractivity contribution >= 4 is 141 Å². The Labute approximate surface area is 680 Å². The van der Waals surface area contributed by atoms with Crippen LogP contribution in [0.25, 0.3) is 10.9 Å². The van der Waals surface area contributed by atoms with Crippen LogP contribution in [0.4, 0.5) is 5.69 Å². The van der Waals surface area contributed by atoms with E-state index < -0.39 is 261 Å². The number of hydrogen-bond donors (Lipinski definition) is 23. The maximum Gasteiger partial charge on any atom is 0.329 e. The molecule has 1 unspecified atom stereocenters. The van der Waals surface area contributed by atoms with Crippen LogP contribution in [-0.2, 0) is 107 Å². The minimum atomic E-state index is -2.45. The summed E-state index contributed by atoms with van der Waals surface area (Å²) in [4.78, 5) is 285. The van der Waals surface area contributed by atoms with E-state index in [4.69, 9.17) is 26.7 Å². The quantitative estimate of drug-likeness (QED) is 0.0111. The molecule has 0 saturated carbocycles. The topological polar surface area (TPSA) is 745 Å². The summed E-state index contributed by atoms with van der Waals surface area (Å²) in [6, 6.07) is -10.5. The number of ether oxygens (including phenoxy) is 1. The molecular formula is C74H105N18O27. The molecule has 27 N–H and O–H groups in total. The minimum Gasteiger partial charge on any atom is -0.481 e. The summed E-state index contributed by atoms with van der Waals surface area (Å²) >= 11 is 0. The summed E-state index contributed by atoms with van der Waals surface area (Å²) in [5.41, 5.74) is 22.7. The van der Waals surface area contributed by atoms with Gasteiger partial charge in [0.15, 0.2) is 5.78 Å². The van der Waals surface area contributed by atoms with Crippen molar-refractivity contribution in [3.63, 3.8) is 0 Å². The maximum atomic E-state index is 14.8. The third-order valence-corrected chi connectivity index (χ3v) is 17.9. The lowest BCUT2D eigenvalue weighted by Crippen LogP contribution is -2.62. The van der Waals surface area contributed by atoms with Crippen LogP contribution in [0.2, 0.25) is 0 Å². The van der Waals surface area contributed by atoms with Gasteiger partial charge in [-0.25, -0.2) is 4.79 Å². The van der Waals surface area contributed by atoms with Crippen LogP contribution in [0.15, 0.2) is 54.7 Å². The van der Waals surface area contributed by atoms with Crippen LogP contribution in [0.3, 0.4) is 0 Å². The van der Waals surface area contributed by atoms with Gasteiger partial charge in [-0.2, -0.15) is 0 Å². The first kappa shape index (κ1) is 100. The molecule has 1 aliphatic heterocycles. The van der Waals surface area contributed by atoms with E-state index in [1.807, 2.05) is 16.0 Å². The van der Waals surface area contributed by atoms with Gasteiger partial charge in [0.2, 0.25) is 89.0 Å². The van der Waals surface area contributed by atoms with Crippen molar-refractivity contribution < 1.29 is 131 Å². The van der Waals surface area contributed by atoms with Crippen LogP contribution >= 0.6 is 0 Å². The number of fused-ring (bicyclic) bond motifs is 1. The predicted molar refractivity (Wildman–Crippen MR) is 415 cm³/mol. The minimum absolute atomic E-state index is 0.0139. The first-order valence-electron chi connectivity index (χ1n) is 37.8. The third-order valence-electron chi connectivity index (χ3n) is 17.9. The fourth-order valence-corrected chi connectivity index (χ4v) is 11.7. The summed E-state index contributed by atoms with van der Waals surface area (Å²) in [6.07, 6.45) is -0.874. The number of nitrogens with one attached hydrogen (secondary N) is 14. The Bertz CT molecular complexity index is 4120. The van der Waals surface area contributed by atoms with Crippen molar-refractivity contribution in [2.75, 3.05) is 38.5 Å². The molecule has 1 aromatic heterocycles. The van der Waals surface area contributed by atoms with E-state index in [2.05, 4.69) is 70.8 Å². The van der Waals surface area contributed by atoms with Gasteiger partial charge >= 0.3 is 29.8 Å². The van der Waals surface area contributed by atoms with Crippen molar-refractivity contribution in [3.05, 3.63) is 65.9 Å². The van der Waals surface area contributed by atoms with Gasteiger partial charge in [0.25, 0.3) is 0 Å². The second kappa shape index (κ2) is 51.8. The van der Waals surface area contributed by atoms with Crippen molar-refractivity contribution in [3.8, 4) is 0 Å². The van der Waals surface area contributed by atoms with Crippen LogP contribution in [0.1, 0.15) is 146 Å². The number of ketones is 1. The highest BCUT2D eigenvalue weighted by Crippen LogP contribution is 2.22. The standard InChI is InChI=1S/C72H101N17O26.C2H4NO/c1-5-6-7-8-9-10-11-22-53(93)81-44(25-38-31-76-42-20-15-13-17-39(38)42)66(108)84-45(27-52(75)92)67(109)86-48(30-59(102)103)68(110)89-61-37(4)115-72(114)49(26-51(91)40-18-12-14-19-41(40)74)87-71(113)60(35(2)24-56(96)97)88-69(111)50(34-90)82-55(95)32-77-63(105)46(28-57(98)99)83-62(104)36(3)79-65(107)47(29-58(100)101)85-64(106)43(21-16-23-73)80-54(94)33-78-70(61)112;3-1-2-4/h12-15,17-20,31,35-37,43-50,60-61,76,90H,5-11,16,21-30,32-34,73-74H2,1-4H3,(H2,75,92)(H,77,105)(H,78,112)(H,79,107)(H,80,94)(H,81,93)(H,82,95)(H,83,104)(H,84,108)(H,85,106)(H,86,109)(H,87,113)(H,88,111)(H,89,110)(H,96,97)(H,98,99)(H,100,101)(H,102,103);1,3H2/t35-,36+,37?,43-,44-,45-,46-,47-,48-,49-,50+,60+,61+;/m0./s1. The van der Waals surface area contributed by atoms with Crippen molar-refractivity contribution in [1.82, 2.24) is 74.1 Å². The number of esters is 1. The molecule has 1 aliphatic rings. The average molecular weight is 1680 g/mol. The van der Waals surface area contributed by atoms with Crippen LogP contribution < -0.4 is 92.1 Å². The molecule has 653 valence electrons. The lowest BCUT2D eigenvalue weighted by Gasteiger charge is -2.30. The number of carboxylic acid groups (broad SMARTS) is 4. The molecule has 0 bridgehead atoms. The molecule has 13 atom stereocenters. The highest BCUT2D eigenvalue weighted by Gasteiger charge is 2.41. The number of aromatic nitrogens is 1. The maximum absolute atomic E-state index is 14.8. The number of rotatable bonds is 36. The number of benzene rings is 2. The Balaban J connectivity index is 0.00000893. The van der Waals surface area contributed by atoms with Gasteiger partial charge in [-0.15, -0.1) is 0 Å². The summed E-state index contributed by atoms with van der Waals surface area (Å²) < 4.78 is 5.68. The molecule has 2 aromatic carbocycles. The van der Waals surface area contributed by atoms with Gasteiger partial charge in [0.05, 0.1) is 58.3 Å². The summed E-state index contributed by atoms with van der Waals surface area (Å²) in [5, 5.41) is 78.7. The third kappa shape index (κ3) is 35.9. The molecule has 4 rings (SSSR count). The number of nitrogens with two attached hydrogens (primary N) is 4. The van der Waals surface area contributed by atoms with E-state index in [1.165, 1.54) is 30.6 Å². The summed E-state index contributed by atoms with van der Waals surface area (Å²) in [5.74, 6) is -29.7. The molecule has 2 heterocycles. The van der Waals surface area contributed by atoms with Gasteiger partial charge in [0, 0.05) is 47.6 Å². The molecule has 3 aromatic rings. The first-order valence-corrected chi connectivity index (χ1v) is 37.8. The second-order valence-corrected chi connectivity index (χ2v) is 27.6. The molecule has 14 amide bonds. The molecule has 45 heteroatoms. The number of carbonyl (C=O) groups is 20. The van der Waals surface area contributed by atoms with Crippen LogP contribution in [-0.4, -0.2) is 260 Å². The van der Waals surface area contributed by atoms with E-state index in [1.54, 1.807) is 30.5 Å². The number of aliphatic hydroxyl groups excluding tert-OH is 1. The Hall–Kier alpha value is -13.1. The zero-order valence-corrected chi connectivity index (χ0v) is 65.8. The number of aromatic amines is 1. The van der Waals surface area contributed by atoms with Gasteiger partial charge in [-0.05, 0) is 69.3 Å². The number of hydrogen-bond acceptors (Lipinski definition) is 26. The average Bonchev–Trinajstić information content (AvgIpc) is 1.72. The number of nitrogen functional groups attached to an aromatic ring is 1. The second-order valence-electron chi connectivity index (χ2n) is 27.6. The highest BCUT2D eigenvalue weighted by molar-refractivity contribution is 6.05. The highest BCUT2D eigenvalue weighted by atomic mass is 16.5. The number of anilines is 1. The molecule has 0 spiro atoms. The number of carbonyl (C=O) groups excluding carboxylic acids is 17. The Morgan fingerprint density at radius 2 is 1.09 bits per heavy atom. The predicted octanol–water partition coefficient (Wildman–Crippen LogP) is -6.57. The molecule has 1 fully saturated rings. The molecule has 45 nitrogen and oxygen atoms in total. The Morgan fingerprint density at radius 1 is 0.563 bits per heavy atom. The van der Waals surface area contributed by atoms with Gasteiger partial charge < -0.3 is 127 Å². The van der Waals surface area contributed by atoms with Crippen molar-refractivity contribution in [2.24, 2.45) is 23.1 Å². The number of para-hydroxylation sites is 2. The molecule has 0 aliphatic carbocycles. The lowest BCUT2D eigenvalue weighted by molar-refractivity contribution is -0.156. The SMILES string of the molecule is CCCCCCCCCC(=O)N[C@@H](Cc1c[nH]c2ccccc12)C(=O)N[C@@H](CC(N)=O)C(=O)N[C@@H](CC(=O)O)C(=O)N[C@H]1C(=O)NCC(=O)N[C@@H](CCCN)C(=O)N[C@@H](CC(=O)O)C(=O)N[C@H](C)C(=O)N[C@@H](CC(=O)O)C(=O)NCC(=O)N[C@H](CO)C(=O)N[C@H]([C@@H](C)CC(=O)O)C(=O)N[C@@H](CC(=O)c2ccccc2N)C(=O)OC1C.NC[C]=O. The fraction of sp³-hybridized carbons (Fsp3) is 0.527. The monoisotopic (exact) mass is 1680 g/mol.